The second-order valence-electron chi connectivity index (χ2n) is 6.43. The lowest BCUT2D eigenvalue weighted by Crippen LogP contribution is -2.44. The summed E-state index contributed by atoms with van der Waals surface area (Å²) < 4.78 is 20.4. The molecule has 2 rings (SSSR count). The van der Waals surface area contributed by atoms with E-state index in [0.717, 1.165) is 0 Å². The van der Waals surface area contributed by atoms with Gasteiger partial charge in [-0.3, -0.25) is 9.59 Å². The predicted octanol–water partition coefficient (Wildman–Crippen LogP) is 0.926. The molecule has 6 heteroatoms. The van der Waals surface area contributed by atoms with E-state index in [-0.39, 0.29) is 35.6 Å². The second kappa shape index (κ2) is 6.10. The minimum Gasteiger partial charge on any atom is -0.465 e. The van der Waals surface area contributed by atoms with Crippen LogP contribution in [0.3, 0.4) is 0 Å². The van der Waals surface area contributed by atoms with Crippen molar-refractivity contribution in [3.05, 3.63) is 0 Å². The number of carbonyl (C=O) groups excluding carboxylic acids is 2. The first-order valence-corrected chi connectivity index (χ1v) is 6.88. The van der Waals surface area contributed by atoms with Crippen LogP contribution >= 0.6 is 0 Å². The molecule has 0 atom stereocenters. The molecule has 0 amide bonds. The van der Waals surface area contributed by atoms with Crippen molar-refractivity contribution in [1.29, 1.82) is 0 Å². The lowest BCUT2D eigenvalue weighted by molar-refractivity contribution is -0.170. The Labute approximate surface area is 118 Å². The molecular formula is C14H22O6. The Kier molecular flexibility index (Phi) is 4.65. The molecule has 0 aliphatic carbocycles. The Hall–Kier alpha value is -1.14. The van der Waals surface area contributed by atoms with E-state index >= 15 is 0 Å². The topological polar surface area (TPSA) is 71.1 Å². The Bertz CT molecular complexity index is 334. The fourth-order valence-corrected chi connectivity index (χ4v) is 1.93. The van der Waals surface area contributed by atoms with E-state index < -0.39 is 0 Å². The number of esters is 2. The SMILES string of the molecule is CC1(COC(=O)CCC(=O)OCC2(C)COC2)COC1. The third-order valence-corrected chi connectivity index (χ3v) is 3.50. The summed E-state index contributed by atoms with van der Waals surface area (Å²) in [6, 6.07) is 0. The Morgan fingerprint density at radius 3 is 1.45 bits per heavy atom. The van der Waals surface area contributed by atoms with Crippen molar-refractivity contribution in [2.75, 3.05) is 39.6 Å². The quantitative estimate of drug-likeness (QED) is 0.648. The van der Waals surface area contributed by atoms with Crippen LogP contribution in [0.1, 0.15) is 26.7 Å². The van der Waals surface area contributed by atoms with E-state index in [1.807, 2.05) is 13.8 Å². The maximum Gasteiger partial charge on any atom is 0.306 e. The normalized spacial score (nSPS) is 22.3. The molecule has 114 valence electrons. The van der Waals surface area contributed by atoms with E-state index in [0.29, 0.717) is 39.6 Å². The van der Waals surface area contributed by atoms with E-state index in [4.69, 9.17) is 18.9 Å². The molecule has 2 aliphatic rings. The van der Waals surface area contributed by atoms with Gasteiger partial charge < -0.3 is 18.9 Å². The van der Waals surface area contributed by atoms with Gasteiger partial charge in [0, 0.05) is 10.8 Å². The molecule has 0 radical (unpaired) electrons. The van der Waals surface area contributed by atoms with Gasteiger partial charge >= 0.3 is 11.9 Å². The van der Waals surface area contributed by atoms with Gasteiger partial charge in [-0.2, -0.15) is 0 Å². The van der Waals surface area contributed by atoms with Gasteiger partial charge in [-0.1, -0.05) is 13.8 Å². The van der Waals surface area contributed by atoms with Crippen molar-refractivity contribution in [3.8, 4) is 0 Å². The molecule has 20 heavy (non-hydrogen) atoms. The van der Waals surface area contributed by atoms with Crippen molar-refractivity contribution in [3.63, 3.8) is 0 Å². The van der Waals surface area contributed by atoms with Gasteiger partial charge in [0.25, 0.3) is 0 Å². The van der Waals surface area contributed by atoms with E-state index in [9.17, 15) is 9.59 Å². The largest absolute Gasteiger partial charge is 0.465 e. The van der Waals surface area contributed by atoms with E-state index in [1.165, 1.54) is 0 Å². The Balaban J connectivity index is 1.54. The molecule has 0 aromatic carbocycles. The third-order valence-electron chi connectivity index (χ3n) is 3.50. The van der Waals surface area contributed by atoms with Crippen LogP contribution in [-0.4, -0.2) is 51.6 Å². The molecule has 6 nitrogen and oxygen atoms in total. The summed E-state index contributed by atoms with van der Waals surface area (Å²) in [5, 5.41) is 0. The first-order valence-electron chi connectivity index (χ1n) is 6.88. The van der Waals surface area contributed by atoms with Crippen LogP contribution < -0.4 is 0 Å². The van der Waals surface area contributed by atoms with Gasteiger partial charge in [0.15, 0.2) is 0 Å². The van der Waals surface area contributed by atoms with Crippen LogP contribution in [0.25, 0.3) is 0 Å². The summed E-state index contributed by atoms with van der Waals surface area (Å²) in [6.45, 7) is 7.14. The van der Waals surface area contributed by atoms with E-state index in [1.54, 1.807) is 0 Å². The summed E-state index contributed by atoms with van der Waals surface area (Å²) in [7, 11) is 0. The molecule has 0 unspecified atom stereocenters. The molecule has 0 spiro atoms. The zero-order valence-corrected chi connectivity index (χ0v) is 12.1. The van der Waals surface area contributed by atoms with Gasteiger partial charge in [0.1, 0.15) is 13.2 Å². The first-order chi connectivity index (χ1) is 9.41. The van der Waals surface area contributed by atoms with Crippen LogP contribution in [0.15, 0.2) is 0 Å². The van der Waals surface area contributed by atoms with Crippen LogP contribution in [0.5, 0.6) is 0 Å². The highest BCUT2D eigenvalue weighted by Gasteiger charge is 2.35. The molecule has 2 fully saturated rings. The molecule has 0 aromatic heterocycles. The van der Waals surface area contributed by atoms with Gasteiger partial charge in [0.05, 0.1) is 39.3 Å². The predicted molar refractivity (Wildman–Crippen MR) is 69.0 cm³/mol. The average Bonchev–Trinajstić information content (AvgIpc) is 2.36. The maximum absolute atomic E-state index is 11.5. The smallest absolute Gasteiger partial charge is 0.306 e. The fraction of sp³-hybridized carbons (Fsp3) is 0.857. The molecule has 0 saturated carbocycles. The van der Waals surface area contributed by atoms with Gasteiger partial charge in [-0.05, 0) is 0 Å². The highest BCUT2D eigenvalue weighted by molar-refractivity contribution is 5.77. The summed E-state index contributed by atoms with van der Waals surface area (Å²) in [4.78, 5) is 23.0. The fourth-order valence-electron chi connectivity index (χ4n) is 1.93. The molecule has 0 aromatic rings. The minimum atomic E-state index is -0.367. The van der Waals surface area contributed by atoms with Crippen LogP contribution in [0.4, 0.5) is 0 Å². The van der Waals surface area contributed by atoms with Crippen LogP contribution in [0.2, 0.25) is 0 Å². The Morgan fingerprint density at radius 2 is 1.20 bits per heavy atom. The lowest BCUT2D eigenvalue weighted by atomic mass is 9.90. The molecule has 2 saturated heterocycles. The highest BCUT2D eigenvalue weighted by Crippen LogP contribution is 2.27. The zero-order valence-electron chi connectivity index (χ0n) is 12.1. The van der Waals surface area contributed by atoms with Gasteiger partial charge in [-0.25, -0.2) is 0 Å². The monoisotopic (exact) mass is 286 g/mol. The summed E-state index contributed by atoms with van der Waals surface area (Å²) >= 11 is 0. The summed E-state index contributed by atoms with van der Waals surface area (Å²) in [6.07, 6.45) is 0.117. The van der Waals surface area contributed by atoms with Crippen molar-refractivity contribution >= 4 is 11.9 Å². The van der Waals surface area contributed by atoms with Gasteiger partial charge in [0.2, 0.25) is 0 Å². The number of hydrogen-bond acceptors (Lipinski definition) is 6. The number of carbonyl (C=O) groups is 2. The molecule has 2 heterocycles. The van der Waals surface area contributed by atoms with Crippen LogP contribution in [-0.2, 0) is 28.5 Å². The van der Waals surface area contributed by atoms with Crippen LogP contribution in [0, 0.1) is 10.8 Å². The zero-order chi connectivity index (χ0) is 14.6. The summed E-state index contributed by atoms with van der Waals surface area (Å²) in [5.41, 5.74) is -0.121. The van der Waals surface area contributed by atoms with Crippen molar-refractivity contribution in [1.82, 2.24) is 0 Å². The third kappa shape index (κ3) is 4.18. The molecule has 0 N–H and O–H groups in total. The van der Waals surface area contributed by atoms with E-state index in [2.05, 4.69) is 0 Å². The molecule has 0 bridgehead atoms. The van der Waals surface area contributed by atoms with Gasteiger partial charge in [-0.15, -0.1) is 0 Å². The molecular weight excluding hydrogens is 264 g/mol. The summed E-state index contributed by atoms with van der Waals surface area (Å²) in [5.74, 6) is -0.735. The maximum atomic E-state index is 11.5. The Morgan fingerprint density at radius 1 is 0.850 bits per heavy atom. The highest BCUT2D eigenvalue weighted by atomic mass is 16.6. The number of ether oxygens (including phenoxy) is 4. The second-order valence-corrected chi connectivity index (χ2v) is 6.43. The van der Waals surface area contributed by atoms with Crippen molar-refractivity contribution in [2.45, 2.75) is 26.7 Å². The van der Waals surface area contributed by atoms with Crippen molar-refractivity contribution < 1.29 is 28.5 Å². The number of hydrogen-bond donors (Lipinski definition) is 0. The minimum absolute atomic E-state index is 0.0585. The number of rotatable bonds is 7. The standard InChI is InChI=1S/C14H22O6/c1-13(5-17-6-13)9-19-11(15)3-4-12(16)20-10-14(2)7-18-8-14/h3-10H2,1-2H3. The molecule has 2 aliphatic heterocycles. The van der Waals surface area contributed by atoms with Crippen molar-refractivity contribution in [2.24, 2.45) is 10.8 Å². The lowest BCUT2D eigenvalue weighted by Gasteiger charge is -2.37. The first kappa shape index (κ1) is 15.3. The average molecular weight is 286 g/mol.